The Labute approximate surface area is 131 Å². The lowest BCUT2D eigenvalue weighted by molar-refractivity contribution is 0.398. The van der Waals surface area contributed by atoms with Crippen LogP contribution in [0.25, 0.3) is 0 Å². The molecule has 0 amide bonds. The third kappa shape index (κ3) is 5.19. The van der Waals surface area contributed by atoms with E-state index in [1.54, 1.807) is 12.1 Å². The van der Waals surface area contributed by atoms with Crippen molar-refractivity contribution in [2.75, 3.05) is 6.54 Å². The minimum Gasteiger partial charge on any atom is -0.211 e. The maximum atomic E-state index is 12.0. The van der Waals surface area contributed by atoms with E-state index < -0.39 is 10.0 Å². The molecule has 1 unspecified atom stereocenters. The van der Waals surface area contributed by atoms with Crippen LogP contribution in [0, 0.1) is 5.41 Å². The van der Waals surface area contributed by atoms with E-state index in [1.165, 1.54) is 0 Å². The first-order chi connectivity index (χ1) is 9.16. The first-order valence-electron chi connectivity index (χ1n) is 6.89. The molecule has 5 heteroatoms. The number of alkyl halides is 1. The van der Waals surface area contributed by atoms with Gasteiger partial charge in [-0.2, -0.15) is 0 Å². The second-order valence-electron chi connectivity index (χ2n) is 6.08. The molecule has 0 spiro atoms. The molecular weight excluding hydrogens is 338 g/mol. The molecule has 0 heterocycles. The van der Waals surface area contributed by atoms with Crippen molar-refractivity contribution in [1.82, 2.24) is 4.72 Å². The smallest absolute Gasteiger partial charge is 0.211 e. The molecule has 1 aromatic carbocycles. The van der Waals surface area contributed by atoms with Crippen molar-refractivity contribution in [3.05, 3.63) is 29.8 Å². The molecule has 0 aliphatic carbocycles. The summed E-state index contributed by atoms with van der Waals surface area (Å²) in [6.07, 6.45) is 1.67. The molecule has 1 aromatic rings. The molecule has 0 aromatic heterocycles. The Morgan fingerprint density at radius 3 is 2.20 bits per heavy atom. The van der Waals surface area contributed by atoms with E-state index in [9.17, 15) is 8.42 Å². The summed E-state index contributed by atoms with van der Waals surface area (Å²) in [4.78, 5) is 0.687. The number of sulfonamides is 1. The zero-order chi connectivity index (χ0) is 15.4. The Balaban J connectivity index is 2.79. The van der Waals surface area contributed by atoms with Gasteiger partial charge in [0.05, 0.1) is 4.90 Å². The standard InChI is InChI=1S/C15H24BrNO2S/c1-5-10-17-20(18,19)13-8-6-12(7-9-13)11-14(16)15(2,3)4/h6-9,14,17H,5,10-11H2,1-4H3. The summed E-state index contributed by atoms with van der Waals surface area (Å²) >= 11 is 3.70. The molecule has 0 aliphatic heterocycles. The number of benzene rings is 1. The predicted molar refractivity (Wildman–Crippen MR) is 87.8 cm³/mol. The van der Waals surface area contributed by atoms with Gasteiger partial charge in [-0.05, 0) is 36.0 Å². The molecule has 3 nitrogen and oxygen atoms in total. The zero-order valence-electron chi connectivity index (χ0n) is 12.6. The predicted octanol–water partition coefficient (Wildman–Crippen LogP) is 3.73. The van der Waals surface area contributed by atoms with Crippen LogP contribution in [-0.4, -0.2) is 19.8 Å². The van der Waals surface area contributed by atoms with Gasteiger partial charge in [0, 0.05) is 11.4 Å². The highest BCUT2D eigenvalue weighted by Gasteiger charge is 2.22. The summed E-state index contributed by atoms with van der Waals surface area (Å²) < 4.78 is 26.5. The van der Waals surface area contributed by atoms with Gasteiger partial charge in [-0.3, -0.25) is 0 Å². The SMILES string of the molecule is CCCNS(=O)(=O)c1ccc(CC(Br)C(C)(C)C)cc1. The van der Waals surface area contributed by atoms with Crippen LogP contribution >= 0.6 is 15.9 Å². The van der Waals surface area contributed by atoms with Gasteiger partial charge in [0.1, 0.15) is 0 Å². The van der Waals surface area contributed by atoms with Crippen molar-refractivity contribution in [1.29, 1.82) is 0 Å². The first-order valence-corrected chi connectivity index (χ1v) is 9.29. The third-order valence-electron chi connectivity index (χ3n) is 3.13. The maximum Gasteiger partial charge on any atom is 0.240 e. The molecular formula is C15H24BrNO2S. The second-order valence-corrected chi connectivity index (χ2v) is 8.95. The largest absolute Gasteiger partial charge is 0.240 e. The number of hydrogen-bond donors (Lipinski definition) is 1. The Hall–Kier alpha value is -0.390. The highest BCUT2D eigenvalue weighted by atomic mass is 79.9. The quantitative estimate of drug-likeness (QED) is 0.784. The van der Waals surface area contributed by atoms with Crippen LogP contribution in [-0.2, 0) is 16.4 Å². The van der Waals surface area contributed by atoms with Gasteiger partial charge < -0.3 is 0 Å². The number of halogens is 1. The van der Waals surface area contributed by atoms with Gasteiger partial charge in [-0.15, -0.1) is 0 Å². The molecule has 0 fully saturated rings. The van der Waals surface area contributed by atoms with E-state index in [4.69, 9.17) is 0 Å². The number of hydrogen-bond acceptors (Lipinski definition) is 2. The third-order valence-corrected chi connectivity index (χ3v) is 6.30. The molecule has 1 N–H and O–H groups in total. The fourth-order valence-electron chi connectivity index (χ4n) is 1.64. The molecule has 0 saturated heterocycles. The monoisotopic (exact) mass is 361 g/mol. The van der Waals surface area contributed by atoms with Crippen molar-refractivity contribution >= 4 is 26.0 Å². The molecule has 0 saturated carbocycles. The molecule has 0 bridgehead atoms. The van der Waals surface area contributed by atoms with Crippen LogP contribution in [0.1, 0.15) is 39.7 Å². The summed E-state index contributed by atoms with van der Waals surface area (Å²) in [6.45, 7) is 8.95. The average Bonchev–Trinajstić information content (AvgIpc) is 2.36. The van der Waals surface area contributed by atoms with Crippen LogP contribution < -0.4 is 4.72 Å². The lowest BCUT2D eigenvalue weighted by atomic mass is 9.88. The fraction of sp³-hybridized carbons (Fsp3) is 0.600. The van der Waals surface area contributed by atoms with E-state index in [0.29, 0.717) is 16.3 Å². The minimum atomic E-state index is -3.36. The van der Waals surface area contributed by atoms with Gasteiger partial charge in [0.25, 0.3) is 0 Å². The Bertz CT molecular complexity index is 518. The fourth-order valence-corrected chi connectivity index (χ4v) is 3.15. The molecule has 0 radical (unpaired) electrons. The molecule has 0 aliphatic rings. The molecule has 1 rings (SSSR count). The van der Waals surface area contributed by atoms with E-state index in [0.717, 1.165) is 18.4 Å². The second kappa shape index (κ2) is 7.05. The molecule has 114 valence electrons. The van der Waals surface area contributed by atoms with Gasteiger partial charge in [0.15, 0.2) is 0 Å². The molecule has 20 heavy (non-hydrogen) atoms. The topological polar surface area (TPSA) is 46.2 Å². The van der Waals surface area contributed by atoms with E-state index in [2.05, 4.69) is 41.4 Å². The van der Waals surface area contributed by atoms with Gasteiger partial charge >= 0.3 is 0 Å². The van der Waals surface area contributed by atoms with E-state index in [1.807, 2.05) is 19.1 Å². The van der Waals surface area contributed by atoms with Crippen LogP contribution in [0.3, 0.4) is 0 Å². The molecule has 1 atom stereocenters. The highest BCUT2D eigenvalue weighted by Crippen LogP contribution is 2.29. The number of nitrogens with one attached hydrogen (secondary N) is 1. The summed E-state index contributed by atoms with van der Waals surface area (Å²) in [7, 11) is -3.36. The summed E-state index contributed by atoms with van der Waals surface area (Å²) in [5.41, 5.74) is 1.31. The van der Waals surface area contributed by atoms with E-state index in [-0.39, 0.29) is 5.41 Å². The Kier molecular flexibility index (Phi) is 6.23. The van der Waals surface area contributed by atoms with Crippen molar-refractivity contribution in [3.63, 3.8) is 0 Å². The Morgan fingerprint density at radius 1 is 1.20 bits per heavy atom. The summed E-state index contributed by atoms with van der Waals surface area (Å²) in [6, 6.07) is 7.13. The van der Waals surface area contributed by atoms with Crippen molar-refractivity contribution in [2.24, 2.45) is 5.41 Å². The van der Waals surface area contributed by atoms with Crippen LogP contribution in [0.5, 0.6) is 0 Å². The van der Waals surface area contributed by atoms with Gasteiger partial charge in [-0.1, -0.05) is 55.8 Å². The van der Waals surface area contributed by atoms with Gasteiger partial charge in [-0.25, -0.2) is 13.1 Å². The van der Waals surface area contributed by atoms with Crippen LogP contribution in [0.2, 0.25) is 0 Å². The van der Waals surface area contributed by atoms with Crippen molar-refractivity contribution in [2.45, 2.75) is 50.3 Å². The van der Waals surface area contributed by atoms with Crippen LogP contribution in [0.15, 0.2) is 29.2 Å². The minimum absolute atomic E-state index is 0.174. The average molecular weight is 362 g/mol. The first kappa shape index (κ1) is 17.7. The summed E-state index contributed by atoms with van der Waals surface area (Å²) in [5, 5.41) is 0. The maximum absolute atomic E-state index is 12.0. The number of rotatable bonds is 6. The zero-order valence-corrected chi connectivity index (χ0v) is 15.0. The Morgan fingerprint density at radius 2 is 1.75 bits per heavy atom. The normalized spacial score (nSPS) is 14.2. The summed E-state index contributed by atoms with van der Waals surface area (Å²) in [5.74, 6) is 0. The van der Waals surface area contributed by atoms with E-state index >= 15 is 0 Å². The van der Waals surface area contributed by atoms with Crippen LogP contribution in [0.4, 0.5) is 0 Å². The van der Waals surface area contributed by atoms with Crippen molar-refractivity contribution in [3.8, 4) is 0 Å². The lowest BCUT2D eigenvalue weighted by Gasteiger charge is -2.25. The lowest BCUT2D eigenvalue weighted by Crippen LogP contribution is -2.24. The van der Waals surface area contributed by atoms with Gasteiger partial charge in [0.2, 0.25) is 10.0 Å². The van der Waals surface area contributed by atoms with Crippen molar-refractivity contribution < 1.29 is 8.42 Å². The highest BCUT2D eigenvalue weighted by molar-refractivity contribution is 9.09.